The van der Waals surface area contributed by atoms with E-state index in [0.29, 0.717) is 10.9 Å². The highest BCUT2D eigenvalue weighted by atomic mass is 32.2. The van der Waals surface area contributed by atoms with Gasteiger partial charge >= 0.3 is 0 Å². The van der Waals surface area contributed by atoms with Crippen LogP contribution in [-0.4, -0.2) is 10.2 Å². The molecule has 6 heteroatoms. The van der Waals surface area contributed by atoms with Crippen LogP contribution in [0, 0.1) is 0 Å². The summed E-state index contributed by atoms with van der Waals surface area (Å²) in [4.78, 5) is 4.29. The molecule has 1 heterocycles. The predicted molar refractivity (Wildman–Crippen MR) is 97.8 cm³/mol. The molecule has 0 fully saturated rings. The number of hydrazone groups is 1. The SMILES string of the molecule is N/N=C(/SCc1ccccn1)N(N)c1cccc2ccccc12. The zero-order valence-corrected chi connectivity index (χ0v) is 13.3. The molecule has 0 aliphatic carbocycles. The monoisotopic (exact) mass is 323 g/mol. The number of rotatable bonds is 3. The van der Waals surface area contributed by atoms with E-state index in [1.54, 1.807) is 6.20 Å². The average molecular weight is 323 g/mol. The molecule has 0 unspecified atom stereocenters. The van der Waals surface area contributed by atoms with E-state index in [1.165, 1.54) is 16.8 Å². The van der Waals surface area contributed by atoms with Crippen molar-refractivity contribution in [1.29, 1.82) is 0 Å². The van der Waals surface area contributed by atoms with Crippen molar-refractivity contribution < 1.29 is 0 Å². The second-order valence-electron chi connectivity index (χ2n) is 4.89. The first-order chi connectivity index (χ1) is 11.3. The molecule has 0 atom stereocenters. The van der Waals surface area contributed by atoms with Crippen LogP contribution in [-0.2, 0) is 5.75 Å². The van der Waals surface area contributed by atoms with Crippen molar-refractivity contribution >= 4 is 33.4 Å². The van der Waals surface area contributed by atoms with Crippen molar-refractivity contribution in [3.05, 3.63) is 72.6 Å². The zero-order chi connectivity index (χ0) is 16.1. The molecule has 4 N–H and O–H groups in total. The normalized spacial score (nSPS) is 11.6. The molecular weight excluding hydrogens is 306 g/mol. The molecule has 0 bridgehead atoms. The van der Waals surface area contributed by atoms with Gasteiger partial charge < -0.3 is 5.84 Å². The summed E-state index contributed by atoms with van der Waals surface area (Å²) in [6.45, 7) is 0. The molecule has 2 aromatic carbocycles. The summed E-state index contributed by atoms with van der Waals surface area (Å²) in [7, 11) is 0. The van der Waals surface area contributed by atoms with Gasteiger partial charge in [0.15, 0.2) is 0 Å². The van der Waals surface area contributed by atoms with E-state index >= 15 is 0 Å². The highest BCUT2D eigenvalue weighted by molar-refractivity contribution is 8.13. The van der Waals surface area contributed by atoms with Gasteiger partial charge in [0, 0.05) is 17.3 Å². The van der Waals surface area contributed by atoms with Crippen LogP contribution in [0.1, 0.15) is 5.69 Å². The largest absolute Gasteiger partial charge is 0.321 e. The molecule has 116 valence electrons. The van der Waals surface area contributed by atoms with E-state index in [9.17, 15) is 0 Å². The van der Waals surface area contributed by atoms with Gasteiger partial charge in [-0.25, -0.2) is 5.84 Å². The second kappa shape index (κ2) is 7.13. The molecule has 0 saturated carbocycles. The predicted octanol–water partition coefficient (Wildman–Crippen LogP) is 3.08. The topological polar surface area (TPSA) is 80.5 Å². The molecule has 0 amide bonds. The van der Waals surface area contributed by atoms with E-state index in [4.69, 9.17) is 11.7 Å². The van der Waals surface area contributed by atoms with Crippen LogP contribution in [0.2, 0.25) is 0 Å². The van der Waals surface area contributed by atoms with Crippen molar-refractivity contribution in [2.45, 2.75) is 5.75 Å². The summed E-state index contributed by atoms with van der Waals surface area (Å²) in [6, 6.07) is 19.8. The number of anilines is 1. The number of hydrazine groups is 1. The number of aromatic nitrogens is 1. The Morgan fingerprint density at radius 1 is 1.04 bits per heavy atom. The standard InChI is InChI=1S/C17H17N5S/c18-21-17(23-12-14-8-3-4-11-20-14)22(19)16-10-5-7-13-6-1-2-9-15(13)16/h1-11H,12,18-19H2/b21-17+. The maximum atomic E-state index is 6.26. The Hall–Kier alpha value is -2.57. The van der Waals surface area contributed by atoms with Crippen LogP contribution < -0.4 is 16.7 Å². The van der Waals surface area contributed by atoms with Crippen LogP contribution in [0.4, 0.5) is 5.69 Å². The first-order valence-corrected chi connectivity index (χ1v) is 8.11. The number of fused-ring (bicyclic) bond motifs is 1. The first kappa shape index (κ1) is 15.3. The average Bonchev–Trinajstić information content (AvgIpc) is 2.62. The summed E-state index contributed by atoms with van der Waals surface area (Å²) in [5.74, 6) is 12.5. The summed E-state index contributed by atoms with van der Waals surface area (Å²) >= 11 is 1.45. The first-order valence-electron chi connectivity index (χ1n) is 7.13. The maximum absolute atomic E-state index is 6.26. The van der Waals surface area contributed by atoms with E-state index in [-0.39, 0.29) is 0 Å². The fraction of sp³-hybridized carbons (Fsp3) is 0.0588. The lowest BCUT2D eigenvalue weighted by Gasteiger charge is -2.21. The van der Waals surface area contributed by atoms with Crippen LogP contribution in [0.15, 0.2) is 72.0 Å². The number of benzene rings is 2. The molecule has 3 rings (SSSR count). The van der Waals surface area contributed by atoms with E-state index in [0.717, 1.165) is 22.2 Å². The number of thioether (sulfide) groups is 1. The Morgan fingerprint density at radius 2 is 1.83 bits per heavy atom. The zero-order valence-electron chi connectivity index (χ0n) is 12.5. The van der Waals surface area contributed by atoms with E-state index < -0.39 is 0 Å². The van der Waals surface area contributed by atoms with Crippen LogP contribution in [0.25, 0.3) is 10.8 Å². The molecule has 1 aromatic heterocycles. The van der Waals surface area contributed by atoms with Gasteiger partial charge in [0.1, 0.15) is 0 Å². The number of hydrogen-bond donors (Lipinski definition) is 2. The quantitative estimate of drug-likeness (QED) is 0.335. The molecule has 0 aliphatic rings. The van der Waals surface area contributed by atoms with Crippen molar-refractivity contribution in [2.24, 2.45) is 16.8 Å². The molecule has 0 aliphatic heterocycles. The van der Waals surface area contributed by atoms with E-state index in [2.05, 4.69) is 10.1 Å². The summed E-state index contributed by atoms with van der Waals surface area (Å²) in [6.07, 6.45) is 1.76. The second-order valence-corrected chi connectivity index (χ2v) is 5.83. The van der Waals surface area contributed by atoms with Crippen LogP contribution >= 0.6 is 11.8 Å². The molecule has 23 heavy (non-hydrogen) atoms. The van der Waals surface area contributed by atoms with Gasteiger partial charge in [-0.3, -0.25) is 9.99 Å². The Morgan fingerprint density at radius 3 is 2.61 bits per heavy atom. The third kappa shape index (κ3) is 3.44. The Balaban J connectivity index is 1.83. The van der Waals surface area contributed by atoms with Gasteiger partial charge in [-0.1, -0.05) is 54.2 Å². The number of amidine groups is 1. The molecular formula is C17H17N5S. The van der Waals surface area contributed by atoms with Crippen LogP contribution in [0.5, 0.6) is 0 Å². The van der Waals surface area contributed by atoms with Crippen molar-refractivity contribution in [3.8, 4) is 0 Å². The van der Waals surface area contributed by atoms with Crippen molar-refractivity contribution in [2.75, 3.05) is 5.01 Å². The minimum Gasteiger partial charge on any atom is -0.321 e. The van der Waals surface area contributed by atoms with Gasteiger partial charge in [0.2, 0.25) is 5.17 Å². The summed E-state index contributed by atoms with van der Waals surface area (Å²) < 4.78 is 0. The van der Waals surface area contributed by atoms with Crippen LogP contribution in [0.3, 0.4) is 0 Å². The summed E-state index contributed by atoms with van der Waals surface area (Å²) in [5.41, 5.74) is 1.81. The molecule has 0 radical (unpaired) electrons. The van der Waals surface area contributed by atoms with Crippen molar-refractivity contribution in [3.63, 3.8) is 0 Å². The van der Waals surface area contributed by atoms with Gasteiger partial charge in [0.05, 0.1) is 11.4 Å². The third-order valence-electron chi connectivity index (χ3n) is 3.42. The lowest BCUT2D eigenvalue weighted by atomic mass is 10.1. The number of pyridine rings is 1. The lowest BCUT2D eigenvalue weighted by Crippen LogP contribution is -2.36. The van der Waals surface area contributed by atoms with E-state index in [1.807, 2.05) is 60.7 Å². The van der Waals surface area contributed by atoms with Gasteiger partial charge in [0.25, 0.3) is 0 Å². The number of hydrogen-bond acceptors (Lipinski definition) is 5. The molecule has 0 spiro atoms. The third-order valence-corrected chi connectivity index (χ3v) is 4.42. The lowest BCUT2D eigenvalue weighted by molar-refractivity contribution is 1.12. The van der Waals surface area contributed by atoms with Gasteiger partial charge in [-0.05, 0) is 23.6 Å². The molecule has 0 saturated heterocycles. The number of nitrogens with two attached hydrogens (primary N) is 2. The van der Waals surface area contributed by atoms with Crippen molar-refractivity contribution in [1.82, 2.24) is 4.98 Å². The maximum Gasteiger partial charge on any atom is 0.201 e. The fourth-order valence-electron chi connectivity index (χ4n) is 2.31. The fourth-order valence-corrected chi connectivity index (χ4v) is 3.07. The Bertz CT molecular complexity index is 814. The smallest absolute Gasteiger partial charge is 0.201 e. The minimum atomic E-state index is 0.534. The Labute approximate surface area is 139 Å². The number of nitrogens with zero attached hydrogens (tertiary/aromatic N) is 3. The Kier molecular flexibility index (Phi) is 4.75. The van der Waals surface area contributed by atoms with Gasteiger partial charge in [-0.15, -0.1) is 0 Å². The highest BCUT2D eigenvalue weighted by Crippen LogP contribution is 2.27. The minimum absolute atomic E-state index is 0.534. The van der Waals surface area contributed by atoms with Gasteiger partial charge in [-0.2, -0.15) is 5.10 Å². The molecule has 3 aromatic rings. The summed E-state index contributed by atoms with van der Waals surface area (Å²) in [5, 5.41) is 8.07. The molecule has 5 nitrogen and oxygen atoms in total. The highest BCUT2D eigenvalue weighted by Gasteiger charge is 2.13.